The molecule has 0 saturated carbocycles. The zero-order valence-corrected chi connectivity index (χ0v) is 24.8. The number of esters is 1. The summed E-state index contributed by atoms with van der Waals surface area (Å²) in [6.45, 7) is 12.2. The van der Waals surface area contributed by atoms with Crippen LogP contribution in [-0.2, 0) is 23.9 Å². The predicted octanol–water partition coefficient (Wildman–Crippen LogP) is 3.32. The van der Waals surface area contributed by atoms with Gasteiger partial charge in [0, 0.05) is 18.2 Å². The summed E-state index contributed by atoms with van der Waals surface area (Å²) in [5.41, 5.74) is 0.249. The summed E-state index contributed by atoms with van der Waals surface area (Å²) in [5.74, 6) is 1.21. The molecule has 0 heterocycles. The van der Waals surface area contributed by atoms with Gasteiger partial charge in [0.15, 0.2) is 0 Å². The number of amides is 3. The van der Waals surface area contributed by atoms with Gasteiger partial charge in [0.05, 0.1) is 19.6 Å². The third kappa shape index (κ3) is 11.7. The number of ether oxygens (including phenoxy) is 2. The first-order chi connectivity index (χ1) is 18.7. The number of hydrogen-bond donors (Lipinski definition) is 3. The summed E-state index contributed by atoms with van der Waals surface area (Å²) >= 11 is 0. The Morgan fingerprint density at radius 3 is 2.20 bits per heavy atom. The maximum Gasteiger partial charge on any atom is 0.408 e. The van der Waals surface area contributed by atoms with Crippen molar-refractivity contribution >= 4 is 23.9 Å². The topological polar surface area (TPSA) is 134 Å². The van der Waals surface area contributed by atoms with E-state index in [1.165, 1.54) is 4.90 Å². The van der Waals surface area contributed by atoms with Gasteiger partial charge in [-0.2, -0.15) is 0 Å². The number of benzene rings is 1. The lowest BCUT2D eigenvalue weighted by atomic mass is 9.96. The average Bonchev–Trinajstić information content (AvgIpc) is 2.87. The number of aliphatic hydroxyl groups is 1. The van der Waals surface area contributed by atoms with Gasteiger partial charge >= 0.3 is 12.1 Å². The molecule has 3 atom stereocenters. The molecule has 3 N–H and O–H groups in total. The Balaban J connectivity index is 3.49. The molecule has 0 radical (unpaired) electrons. The van der Waals surface area contributed by atoms with E-state index in [1.807, 2.05) is 6.92 Å². The first-order valence-corrected chi connectivity index (χ1v) is 13.7. The van der Waals surface area contributed by atoms with Gasteiger partial charge in [-0.1, -0.05) is 31.9 Å². The van der Waals surface area contributed by atoms with Crippen LogP contribution in [0.5, 0.6) is 0 Å². The van der Waals surface area contributed by atoms with Gasteiger partial charge in [0.25, 0.3) is 0 Å². The Bertz CT molecular complexity index is 1030. The smallest absolute Gasteiger partial charge is 0.408 e. The predicted molar refractivity (Wildman–Crippen MR) is 152 cm³/mol. The third-order valence-electron chi connectivity index (χ3n) is 5.92. The maximum absolute atomic E-state index is 14.0. The Labute approximate surface area is 238 Å². The van der Waals surface area contributed by atoms with Crippen LogP contribution in [0, 0.1) is 18.3 Å². The van der Waals surface area contributed by atoms with Crippen molar-refractivity contribution in [3.05, 3.63) is 35.4 Å². The van der Waals surface area contributed by atoms with Crippen molar-refractivity contribution in [2.24, 2.45) is 5.92 Å². The number of terminal acetylenes is 1. The van der Waals surface area contributed by atoms with E-state index in [2.05, 4.69) is 30.4 Å². The van der Waals surface area contributed by atoms with Crippen LogP contribution in [0.1, 0.15) is 84.9 Å². The molecule has 222 valence electrons. The molecule has 0 saturated heterocycles. The lowest BCUT2D eigenvalue weighted by Crippen LogP contribution is -2.56. The highest BCUT2D eigenvalue weighted by Gasteiger charge is 2.38. The SMILES string of the molecule is C#Cc1ccc(C(C(=O)NCCC(=O)OCC)N(C(=O)C(CO)NC(=O)OC(C)(C)C)C(C)CCC(C)C)cc1. The molecule has 0 aliphatic carbocycles. The lowest BCUT2D eigenvalue weighted by Gasteiger charge is -2.38. The Kier molecular flexibility index (Phi) is 14.2. The normalized spacial score (nSPS) is 13.4. The highest BCUT2D eigenvalue weighted by Crippen LogP contribution is 2.28. The number of carbonyl (C=O) groups is 4. The second kappa shape index (κ2) is 16.5. The number of carbonyl (C=O) groups excluding carboxylic acids is 4. The van der Waals surface area contributed by atoms with E-state index in [1.54, 1.807) is 52.0 Å². The monoisotopic (exact) mass is 559 g/mol. The molecular formula is C30H45N3O7. The van der Waals surface area contributed by atoms with Crippen molar-refractivity contribution in [3.8, 4) is 12.3 Å². The molecule has 40 heavy (non-hydrogen) atoms. The van der Waals surface area contributed by atoms with Gasteiger partial charge < -0.3 is 30.1 Å². The minimum Gasteiger partial charge on any atom is -0.466 e. The van der Waals surface area contributed by atoms with E-state index in [0.717, 1.165) is 6.42 Å². The molecule has 0 spiro atoms. The van der Waals surface area contributed by atoms with Gasteiger partial charge in [0.2, 0.25) is 11.8 Å². The second-order valence-electron chi connectivity index (χ2n) is 11.0. The molecule has 0 bridgehead atoms. The fourth-order valence-corrected chi connectivity index (χ4v) is 3.95. The first-order valence-electron chi connectivity index (χ1n) is 13.7. The van der Waals surface area contributed by atoms with Gasteiger partial charge in [-0.15, -0.1) is 6.42 Å². The maximum atomic E-state index is 14.0. The van der Waals surface area contributed by atoms with Crippen molar-refractivity contribution in [1.29, 1.82) is 0 Å². The molecule has 10 nitrogen and oxygen atoms in total. The van der Waals surface area contributed by atoms with Crippen LogP contribution < -0.4 is 10.6 Å². The summed E-state index contributed by atoms with van der Waals surface area (Å²) < 4.78 is 10.2. The van der Waals surface area contributed by atoms with Gasteiger partial charge in [0.1, 0.15) is 17.7 Å². The van der Waals surface area contributed by atoms with Crippen LogP contribution in [0.25, 0.3) is 0 Å². The Morgan fingerprint density at radius 2 is 1.70 bits per heavy atom. The Morgan fingerprint density at radius 1 is 1.07 bits per heavy atom. The van der Waals surface area contributed by atoms with Crippen LogP contribution in [-0.4, -0.2) is 71.3 Å². The molecule has 3 amide bonds. The average molecular weight is 560 g/mol. The molecule has 0 aliphatic heterocycles. The van der Waals surface area contributed by atoms with Crippen LogP contribution in [0.3, 0.4) is 0 Å². The fourth-order valence-electron chi connectivity index (χ4n) is 3.95. The zero-order chi connectivity index (χ0) is 30.5. The first kappa shape index (κ1) is 34.4. The second-order valence-corrected chi connectivity index (χ2v) is 11.0. The zero-order valence-electron chi connectivity index (χ0n) is 24.8. The minimum absolute atomic E-state index is 0.00139. The van der Waals surface area contributed by atoms with Crippen LogP contribution in [0.15, 0.2) is 24.3 Å². The summed E-state index contributed by atoms with van der Waals surface area (Å²) in [6, 6.07) is 3.69. The van der Waals surface area contributed by atoms with E-state index in [-0.39, 0.29) is 19.6 Å². The Hall–Kier alpha value is -3.58. The summed E-state index contributed by atoms with van der Waals surface area (Å²) in [5, 5.41) is 15.3. The summed E-state index contributed by atoms with van der Waals surface area (Å²) in [6.07, 6.45) is 5.92. The third-order valence-corrected chi connectivity index (χ3v) is 5.92. The highest BCUT2D eigenvalue weighted by molar-refractivity contribution is 5.92. The van der Waals surface area contributed by atoms with Crippen molar-refractivity contribution in [1.82, 2.24) is 15.5 Å². The van der Waals surface area contributed by atoms with E-state index in [0.29, 0.717) is 23.5 Å². The standard InChI is InChI=1S/C30H45N3O7/c1-9-22-13-15-23(16-14-22)26(27(36)31-18-17-25(35)39-10-2)33(21(5)12-11-20(3)4)28(37)24(19-34)32-29(38)40-30(6,7)8/h1,13-16,20-21,24,26,34H,10-12,17-19H2,2-8H3,(H,31,36)(H,32,38). The summed E-state index contributed by atoms with van der Waals surface area (Å²) in [4.78, 5) is 53.3. The number of nitrogens with zero attached hydrogens (tertiary/aromatic N) is 1. The molecule has 10 heteroatoms. The lowest BCUT2D eigenvalue weighted by molar-refractivity contribution is -0.146. The molecular weight excluding hydrogens is 514 g/mol. The van der Waals surface area contributed by atoms with Crippen molar-refractivity contribution < 1.29 is 33.8 Å². The van der Waals surface area contributed by atoms with Gasteiger partial charge in [-0.3, -0.25) is 14.4 Å². The van der Waals surface area contributed by atoms with Gasteiger partial charge in [-0.25, -0.2) is 4.79 Å². The summed E-state index contributed by atoms with van der Waals surface area (Å²) in [7, 11) is 0. The number of aliphatic hydroxyl groups excluding tert-OH is 1. The number of rotatable bonds is 14. The van der Waals surface area contributed by atoms with Gasteiger partial charge in [-0.05, 0) is 71.1 Å². The van der Waals surface area contributed by atoms with E-state index >= 15 is 0 Å². The largest absolute Gasteiger partial charge is 0.466 e. The van der Waals surface area contributed by atoms with Crippen molar-refractivity contribution in [3.63, 3.8) is 0 Å². The van der Waals surface area contributed by atoms with Crippen LogP contribution in [0.2, 0.25) is 0 Å². The van der Waals surface area contributed by atoms with E-state index < -0.39 is 54.2 Å². The van der Waals surface area contributed by atoms with Crippen molar-refractivity contribution in [2.75, 3.05) is 19.8 Å². The van der Waals surface area contributed by atoms with E-state index in [4.69, 9.17) is 15.9 Å². The molecule has 1 aromatic rings. The molecule has 3 unspecified atom stereocenters. The van der Waals surface area contributed by atoms with Crippen molar-refractivity contribution in [2.45, 2.75) is 91.5 Å². The van der Waals surface area contributed by atoms with Crippen LogP contribution >= 0.6 is 0 Å². The van der Waals surface area contributed by atoms with E-state index in [9.17, 15) is 24.3 Å². The number of nitrogens with one attached hydrogen (secondary N) is 2. The highest BCUT2D eigenvalue weighted by atomic mass is 16.6. The molecule has 0 aliphatic rings. The molecule has 0 fully saturated rings. The number of hydrogen-bond acceptors (Lipinski definition) is 7. The number of alkyl carbamates (subject to hydrolysis) is 1. The minimum atomic E-state index is -1.36. The fraction of sp³-hybridized carbons (Fsp3) is 0.600. The molecule has 1 aromatic carbocycles. The van der Waals surface area contributed by atoms with Crippen LogP contribution in [0.4, 0.5) is 4.79 Å². The molecule has 1 rings (SSSR count). The molecule has 0 aromatic heterocycles. The quantitative estimate of drug-likeness (QED) is 0.235.